The van der Waals surface area contributed by atoms with Crippen LogP contribution in [0.4, 0.5) is 0 Å². The molecule has 2 aromatic rings. The highest BCUT2D eigenvalue weighted by Gasteiger charge is 2.36. The molecule has 2 atom stereocenters. The fourth-order valence-electron chi connectivity index (χ4n) is 5.25. The number of pyridine rings is 1. The first-order valence-corrected chi connectivity index (χ1v) is 10.8. The number of carbonyl (C=O) groups excluding carboxylic acids is 1. The summed E-state index contributed by atoms with van der Waals surface area (Å²) in [7, 11) is 0. The van der Waals surface area contributed by atoms with Gasteiger partial charge in [0, 0.05) is 55.7 Å². The van der Waals surface area contributed by atoms with Gasteiger partial charge < -0.3 is 9.47 Å². The van der Waals surface area contributed by atoms with Gasteiger partial charge in [-0.2, -0.15) is 0 Å². The van der Waals surface area contributed by atoms with E-state index in [0.717, 1.165) is 37.3 Å². The highest BCUT2D eigenvalue weighted by Crippen LogP contribution is 2.35. The molecule has 0 unspecified atom stereocenters. The van der Waals surface area contributed by atoms with Crippen molar-refractivity contribution in [2.45, 2.75) is 44.8 Å². The van der Waals surface area contributed by atoms with E-state index in [0.29, 0.717) is 19.6 Å². The van der Waals surface area contributed by atoms with Crippen molar-refractivity contribution in [3.05, 3.63) is 62.7 Å². The largest absolute Gasteiger partial charge is 0.347 e. The molecule has 8 nitrogen and oxygen atoms in total. The molecule has 3 aliphatic heterocycles. The first-order chi connectivity index (χ1) is 14.6. The summed E-state index contributed by atoms with van der Waals surface area (Å²) in [5.74, 6) is 0.368. The number of likely N-dealkylation sites (tertiary alicyclic amines) is 2. The summed E-state index contributed by atoms with van der Waals surface area (Å²) in [6.07, 6.45) is 6.45. The molecule has 2 fully saturated rings. The summed E-state index contributed by atoms with van der Waals surface area (Å²) in [4.78, 5) is 45.7. The predicted octanol–water partition coefficient (Wildman–Crippen LogP) is 0.647. The molecule has 2 saturated heterocycles. The van der Waals surface area contributed by atoms with Crippen LogP contribution in [0, 0.1) is 5.92 Å². The smallest absolute Gasteiger partial charge is 0.340 e. The van der Waals surface area contributed by atoms with Gasteiger partial charge in [0.25, 0.3) is 5.56 Å². The van der Waals surface area contributed by atoms with Gasteiger partial charge in [-0.25, -0.2) is 9.78 Å². The Kier molecular flexibility index (Phi) is 5.02. The Morgan fingerprint density at radius 3 is 2.73 bits per heavy atom. The Hall–Kier alpha value is -2.74. The van der Waals surface area contributed by atoms with E-state index in [2.05, 4.69) is 16.0 Å². The number of hydrogen-bond donors (Lipinski definition) is 0. The van der Waals surface area contributed by atoms with E-state index in [-0.39, 0.29) is 29.8 Å². The first kappa shape index (κ1) is 19.2. The highest BCUT2D eigenvalue weighted by atomic mass is 16.2. The lowest BCUT2D eigenvalue weighted by molar-refractivity contribution is -0.134. The number of nitrogens with zero attached hydrogens (tertiary/aromatic N) is 5. The van der Waals surface area contributed by atoms with Crippen molar-refractivity contribution in [3.8, 4) is 0 Å². The molecule has 5 heterocycles. The van der Waals surface area contributed by atoms with E-state index in [9.17, 15) is 14.4 Å². The maximum Gasteiger partial charge on any atom is 0.347 e. The third-order valence-corrected chi connectivity index (χ3v) is 6.72. The SMILES string of the molecule is O=C(Cn1cccnc1=O)N1C[C@@H]2C[C@H](C1)c1ccc(CN3CCCC3)c(=O)n1C2. The van der Waals surface area contributed by atoms with Crippen LogP contribution >= 0.6 is 0 Å². The Morgan fingerprint density at radius 2 is 1.93 bits per heavy atom. The molecule has 0 N–H and O–H groups in total. The van der Waals surface area contributed by atoms with Crippen molar-refractivity contribution in [1.29, 1.82) is 0 Å². The molecule has 0 aliphatic carbocycles. The van der Waals surface area contributed by atoms with Crippen molar-refractivity contribution in [1.82, 2.24) is 23.9 Å². The van der Waals surface area contributed by atoms with Gasteiger partial charge in [0.2, 0.25) is 5.91 Å². The first-order valence-electron chi connectivity index (χ1n) is 10.8. The van der Waals surface area contributed by atoms with Crippen LogP contribution in [-0.4, -0.2) is 56.0 Å². The Morgan fingerprint density at radius 1 is 1.10 bits per heavy atom. The van der Waals surface area contributed by atoms with Crippen molar-refractivity contribution < 1.29 is 4.79 Å². The second-order valence-electron chi connectivity index (χ2n) is 8.81. The summed E-state index contributed by atoms with van der Waals surface area (Å²) >= 11 is 0. The van der Waals surface area contributed by atoms with Gasteiger partial charge in [-0.3, -0.25) is 19.1 Å². The maximum atomic E-state index is 13.1. The number of aromatic nitrogens is 3. The number of fused-ring (bicyclic) bond motifs is 4. The van der Waals surface area contributed by atoms with Gasteiger partial charge in [-0.1, -0.05) is 6.07 Å². The number of piperidine rings is 1. The maximum absolute atomic E-state index is 13.1. The lowest BCUT2D eigenvalue weighted by Crippen LogP contribution is -2.50. The zero-order valence-corrected chi connectivity index (χ0v) is 17.1. The lowest BCUT2D eigenvalue weighted by atomic mass is 9.83. The third-order valence-electron chi connectivity index (χ3n) is 6.72. The molecule has 158 valence electrons. The lowest BCUT2D eigenvalue weighted by Gasteiger charge is -2.43. The second-order valence-corrected chi connectivity index (χ2v) is 8.81. The van der Waals surface area contributed by atoms with Crippen LogP contribution in [-0.2, 0) is 24.4 Å². The van der Waals surface area contributed by atoms with E-state index in [1.807, 2.05) is 15.5 Å². The summed E-state index contributed by atoms with van der Waals surface area (Å²) in [6, 6.07) is 5.73. The molecule has 30 heavy (non-hydrogen) atoms. The number of amides is 1. The molecule has 2 aromatic heterocycles. The van der Waals surface area contributed by atoms with E-state index < -0.39 is 5.69 Å². The van der Waals surface area contributed by atoms with E-state index in [1.165, 1.54) is 23.6 Å². The van der Waals surface area contributed by atoms with Crippen molar-refractivity contribution >= 4 is 5.91 Å². The third kappa shape index (κ3) is 3.60. The van der Waals surface area contributed by atoms with Crippen molar-refractivity contribution in [2.75, 3.05) is 26.2 Å². The Labute approximate surface area is 174 Å². The summed E-state index contributed by atoms with van der Waals surface area (Å²) in [6.45, 7) is 4.77. The Bertz CT molecular complexity index is 1070. The van der Waals surface area contributed by atoms with Crippen molar-refractivity contribution in [2.24, 2.45) is 5.92 Å². The topological polar surface area (TPSA) is 80.4 Å². The van der Waals surface area contributed by atoms with Crippen LogP contribution in [0.3, 0.4) is 0 Å². The summed E-state index contributed by atoms with van der Waals surface area (Å²) < 4.78 is 3.30. The fraction of sp³-hybridized carbons (Fsp3) is 0.545. The molecule has 2 bridgehead atoms. The minimum Gasteiger partial charge on any atom is -0.340 e. The zero-order chi connectivity index (χ0) is 20.7. The molecule has 0 spiro atoms. The molecule has 8 heteroatoms. The van der Waals surface area contributed by atoms with Crippen LogP contribution in [0.5, 0.6) is 0 Å². The molecular weight excluding hydrogens is 382 g/mol. The minimum absolute atomic E-state index is 0.00763. The molecule has 3 aliphatic rings. The molecule has 5 rings (SSSR count). The average Bonchev–Trinajstić information content (AvgIpc) is 3.25. The molecule has 0 radical (unpaired) electrons. The minimum atomic E-state index is -0.412. The molecule has 0 saturated carbocycles. The van der Waals surface area contributed by atoms with Crippen molar-refractivity contribution in [3.63, 3.8) is 0 Å². The van der Waals surface area contributed by atoms with Crippen LogP contribution in [0.1, 0.15) is 36.4 Å². The van der Waals surface area contributed by atoms with Crippen LogP contribution < -0.4 is 11.2 Å². The number of hydrogen-bond acceptors (Lipinski definition) is 5. The van der Waals surface area contributed by atoms with Gasteiger partial charge >= 0.3 is 5.69 Å². The van der Waals surface area contributed by atoms with Crippen LogP contribution in [0.15, 0.2) is 40.2 Å². The monoisotopic (exact) mass is 409 g/mol. The highest BCUT2D eigenvalue weighted by molar-refractivity contribution is 5.76. The van der Waals surface area contributed by atoms with E-state index in [1.54, 1.807) is 12.3 Å². The van der Waals surface area contributed by atoms with Crippen LogP contribution in [0.25, 0.3) is 0 Å². The molecule has 0 aromatic carbocycles. The van der Waals surface area contributed by atoms with Gasteiger partial charge in [0.15, 0.2) is 0 Å². The number of carbonyl (C=O) groups is 1. The average molecular weight is 409 g/mol. The van der Waals surface area contributed by atoms with Crippen LogP contribution in [0.2, 0.25) is 0 Å². The summed E-state index contributed by atoms with van der Waals surface area (Å²) in [5.41, 5.74) is 1.64. The standard InChI is InChI=1S/C22H27N5O3/c28-20(15-25-9-3-6-23-22(25)30)26-11-16-10-18(14-26)19-5-4-17(21(29)27(19)12-16)13-24-7-1-2-8-24/h3-6,9,16,18H,1-2,7-8,10-15H2/t16-,18+/m0/s1. The molecular formula is C22H27N5O3. The van der Waals surface area contributed by atoms with E-state index in [4.69, 9.17) is 0 Å². The second kappa shape index (κ2) is 7.83. The van der Waals surface area contributed by atoms with Gasteiger partial charge in [-0.05, 0) is 50.4 Å². The van der Waals surface area contributed by atoms with Gasteiger partial charge in [0.1, 0.15) is 6.54 Å². The quantitative estimate of drug-likeness (QED) is 0.741. The molecule has 1 amide bonds. The van der Waals surface area contributed by atoms with E-state index >= 15 is 0 Å². The Balaban J connectivity index is 1.34. The summed E-state index contributed by atoms with van der Waals surface area (Å²) in [5, 5.41) is 0. The van der Waals surface area contributed by atoms with Gasteiger partial charge in [0.05, 0.1) is 0 Å². The predicted molar refractivity (Wildman–Crippen MR) is 111 cm³/mol. The fourth-order valence-corrected chi connectivity index (χ4v) is 5.25. The number of rotatable bonds is 4. The van der Waals surface area contributed by atoms with Gasteiger partial charge in [-0.15, -0.1) is 0 Å². The normalized spacial score (nSPS) is 23.4. The zero-order valence-electron chi connectivity index (χ0n) is 17.1.